The molecule has 1 N–H and O–H groups in total. The summed E-state index contributed by atoms with van der Waals surface area (Å²) in [7, 11) is 2.18. The van der Waals surface area contributed by atoms with Gasteiger partial charge in [-0.3, -0.25) is 0 Å². The van der Waals surface area contributed by atoms with E-state index in [1.165, 1.54) is 25.6 Å². The number of phenolic OH excluding ortho intramolecular Hbond substituents is 1. The van der Waals surface area contributed by atoms with Gasteiger partial charge in [-0.15, -0.1) is 0 Å². The van der Waals surface area contributed by atoms with Crippen molar-refractivity contribution in [2.75, 3.05) is 26.7 Å². The van der Waals surface area contributed by atoms with Crippen molar-refractivity contribution in [2.45, 2.75) is 19.8 Å². The maximum atomic E-state index is 10.8. The first-order chi connectivity index (χ1) is 12.2. The van der Waals surface area contributed by atoms with E-state index in [0.29, 0.717) is 12.4 Å². The molecule has 2 aromatic rings. The summed E-state index contributed by atoms with van der Waals surface area (Å²) in [6.07, 6.45) is 2.14. The second kappa shape index (κ2) is 6.87. The zero-order valence-electron chi connectivity index (χ0n) is 14.7. The maximum absolute atomic E-state index is 10.8. The van der Waals surface area contributed by atoms with E-state index in [1.807, 2.05) is 6.92 Å². The number of aromatic hydroxyl groups is 1. The van der Waals surface area contributed by atoms with E-state index < -0.39 is 0 Å². The summed E-state index contributed by atoms with van der Waals surface area (Å²) in [4.78, 5) is 2.38. The molecule has 4 heteroatoms. The van der Waals surface area contributed by atoms with E-state index in [4.69, 9.17) is 4.74 Å². The molecule has 0 spiro atoms. The zero-order valence-corrected chi connectivity index (χ0v) is 16.4. The van der Waals surface area contributed by atoms with E-state index >= 15 is 0 Å². The van der Waals surface area contributed by atoms with Gasteiger partial charge in [-0.2, -0.15) is 0 Å². The van der Waals surface area contributed by atoms with Crippen LogP contribution in [0.3, 0.4) is 0 Å². The van der Waals surface area contributed by atoms with E-state index in [2.05, 4.69) is 42.3 Å². The van der Waals surface area contributed by atoms with E-state index in [9.17, 15) is 5.11 Å². The zero-order chi connectivity index (χ0) is 17.4. The van der Waals surface area contributed by atoms with Crippen molar-refractivity contribution in [3.63, 3.8) is 0 Å². The Balaban J connectivity index is 1.91. The summed E-state index contributed by atoms with van der Waals surface area (Å²) < 4.78 is 8.30. The molecule has 130 valence electrons. The van der Waals surface area contributed by atoms with Gasteiger partial charge in [0.1, 0.15) is 0 Å². The Bertz CT molecular complexity index is 834. The van der Waals surface area contributed by atoms with Crippen molar-refractivity contribution in [3.05, 3.63) is 53.1 Å². The van der Waals surface area contributed by atoms with Crippen molar-refractivity contribution in [2.24, 2.45) is 0 Å². The molecule has 2 aromatic carbocycles. The quantitative estimate of drug-likeness (QED) is 0.670. The molecule has 2 aliphatic rings. The SMILES string of the molecule is CCOc1cc(O)c2c(c1)[Se]c1ccccc1C2=C1CCN(C)CC1. The predicted molar refractivity (Wildman–Crippen MR) is 103 cm³/mol. The second-order valence-electron chi connectivity index (χ2n) is 6.63. The number of hydrogen-bond acceptors (Lipinski definition) is 3. The molecule has 1 saturated heterocycles. The number of phenols is 1. The van der Waals surface area contributed by atoms with Crippen LogP contribution in [0.1, 0.15) is 30.9 Å². The first kappa shape index (κ1) is 16.7. The Morgan fingerprint density at radius 3 is 2.64 bits per heavy atom. The minimum atomic E-state index is 0.187. The third kappa shape index (κ3) is 3.10. The fraction of sp³-hybridized carbons (Fsp3) is 0.333. The molecule has 0 radical (unpaired) electrons. The van der Waals surface area contributed by atoms with Crippen LogP contribution in [0.4, 0.5) is 0 Å². The molecule has 0 aliphatic carbocycles. The molecule has 0 aromatic heterocycles. The standard InChI is InChI=1S/C21H23NO2Se/c1-3-24-15-12-17(23)21-19(13-15)25-18-7-5-4-6-16(18)20(21)14-8-10-22(2)11-9-14/h4-7,12-13,23H,3,8-11H2,1-2H3. The molecule has 0 unspecified atom stereocenters. The fourth-order valence-corrected chi connectivity index (χ4v) is 6.09. The minimum absolute atomic E-state index is 0.187. The third-order valence-electron chi connectivity index (χ3n) is 4.94. The monoisotopic (exact) mass is 401 g/mol. The number of likely N-dealkylation sites (tertiary alicyclic amines) is 1. The molecule has 2 heterocycles. The molecule has 25 heavy (non-hydrogen) atoms. The van der Waals surface area contributed by atoms with Crippen LogP contribution in [0.5, 0.6) is 11.5 Å². The molecular weight excluding hydrogens is 377 g/mol. The van der Waals surface area contributed by atoms with Gasteiger partial charge in [0.2, 0.25) is 0 Å². The second-order valence-corrected chi connectivity index (χ2v) is 8.90. The first-order valence-electron chi connectivity index (χ1n) is 8.85. The van der Waals surface area contributed by atoms with Gasteiger partial charge in [-0.1, -0.05) is 0 Å². The van der Waals surface area contributed by atoms with E-state index in [0.717, 1.165) is 37.2 Å². The van der Waals surface area contributed by atoms with Gasteiger partial charge in [0.25, 0.3) is 0 Å². The van der Waals surface area contributed by atoms with Crippen LogP contribution in [-0.2, 0) is 0 Å². The van der Waals surface area contributed by atoms with Crippen LogP contribution in [0, 0.1) is 0 Å². The summed E-state index contributed by atoms with van der Waals surface area (Å²) in [5, 5.41) is 10.8. The Labute approximate surface area is 155 Å². The Morgan fingerprint density at radius 2 is 1.88 bits per heavy atom. The van der Waals surface area contributed by atoms with Crippen LogP contribution in [0.2, 0.25) is 0 Å². The van der Waals surface area contributed by atoms with Crippen LogP contribution in [0.25, 0.3) is 5.57 Å². The number of fused-ring (bicyclic) bond motifs is 2. The van der Waals surface area contributed by atoms with Crippen molar-refractivity contribution >= 4 is 29.5 Å². The average Bonchev–Trinajstić information content (AvgIpc) is 2.61. The van der Waals surface area contributed by atoms with Crippen molar-refractivity contribution in [1.29, 1.82) is 0 Å². The number of piperidine rings is 1. The molecule has 0 saturated carbocycles. The summed E-state index contributed by atoms with van der Waals surface area (Å²) >= 11 is 0.187. The van der Waals surface area contributed by atoms with Crippen LogP contribution >= 0.6 is 0 Å². The summed E-state index contributed by atoms with van der Waals surface area (Å²) in [5.74, 6) is 1.13. The number of hydrogen-bond donors (Lipinski definition) is 1. The number of ether oxygens (including phenoxy) is 1. The Morgan fingerprint density at radius 1 is 1.12 bits per heavy atom. The van der Waals surface area contributed by atoms with Gasteiger partial charge in [0.15, 0.2) is 0 Å². The van der Waals surface area contributed by atoms with Crippen LogP contribution in [0.15, 0.2) is 42.0 Å². The summed E-state index contributed by atoms with van der Waals surface area (Å²) in [6, 6.07) is 12.6. The molecule has 1 fully saturated rings. The van der Waals surface area contributed by atoms with E-state index in [1.54, 1.807) is 6.07 Å². The van der Waals surface area contributed by atoms with Gasteiger partial charge in [0.05, 0.1) is 0 Å². The van der Waals surface area contributed by atoms with Crippen molar-refractivity contribution < 1.29 is 9.84 Å². The van der Waals surface area contributed by atoms with Crippen molar-refractivity contribution in [1.82, 2.24) is 4.90 Å². The molecule has 0 amide bonds. The third-order valence-corrected chi connectivity index (χ3v) is 7.28. The molecule has 0 bridgehead atoms. The summed E-state index contributed by atoms with van der Waals surface area (Å²) in [6.45, 7) is 4.75. The average molecular weight is 400 g/mol. The first-order valence-corrected chi connectivity index (χ1v) is 10.6. The van der Waals surface area contributed by atoms with Crippen molar-refractivity contribution in [3.8, 4) is 11.5 Å². The molecule has 2 aliphatic heterocycles. The van der Waals surface area contributed by atoms with Gasteiger partial charge in [-0.05, 0) is 0 Å². The van der Waals surface area contributed by atoms with Crippen LogP contribution in [-0.4, -0.2) is 51.7 Å². The number of nitrogens with zero attached hydrogens (tertiary/aromatic N) is 1. The molecule has 4 rings (SSSR count). The Hall–Kier alpha value is -1.74. The topological polar surface area (TPSA) is 32.7 Å². The number of rotatable bonds is 2. The predicted octanol–water partition coefficient (Wildman–Crippen LogP) is 2.29. The molecular formula is C21H23NO2Se. The number of benzene rings is 2. The van der Waals surface area contributed by atoms with Gasteiger partial charge >= 0.3 is 155 Å². The van der Waals surface area contributed by atoms with Gasteiger partial charge < -0.3 is 0 Å². The van der Waals surface area contributed by atoms with Crippen LogP contribution < -0.4 is 13.7 Å². The van der Waals surface area contributed by atoms with Gasteiger partial charge in [-0.25, -0.2) is 0 Å². The molecule has 3 nitrogen and oxygen atoms in total. The van der Waals surface area contributed by atoms with Gasteiger partial charge in [0, 0.05) is 0 Å². The summed E-state index contributed by atoms with van der Waals surface area (Å²) in [5.41, 5.74) is 5.10. The fourth-order valence-electron chi connectivity index (χ4n) is 3.68. The Kier molecular flexibility index (Phi) is 4.59. The normalized spacial score (nSPS) is 17.2. The van der Waals surface area contributed by atoms with E-state index in [-0.39, 0.29) is 15.0 Å². The molecule has 0 atom stereocenters.